The van der Waals surface area contributed by atoms with Gasteiger partial charge < -0.3 is 14.4 Å². The molecule has 3 aromatic rings. The fraction of sp³-hybridized carbons (Fsp3) is 0.304. The lowest BCUT2D eigenvalue weighted by molar-refractivity contribution is 0.0716. The zero-order valence-corrected chi connectivity index (χ0v) is 17.9. The van der Waals surface area contributed by atoms with Gasteiger partial charge in [-0.05, 0) is 41.7 Å². The zero-order valence-electron chi connectivity index (χ0n) is 16.3. The zero-order chi connectivity index (χ0) is 20.7. The summed E-state index contributed by atoms with van der Waals surface area (Å²) in [6, 6.07) is 12.7. The van der Waals surface area contributed by atoms with Crippen molar-refractivity contribution in [1.82, 2.24) is 4.90 Å². The van der Waals surface area contributed by atoms with E-state index in [2.05, 4.69) is 29.8 Å². The molecule has 1 aliphatic rings. The Morgan fingerprint density at radius 2 is 1.86 bits per heavy atom. The Balaban J connectivity index is 1.92. The minimum atomic E-state index is -0.523. The normalized spacial score (nSPS) is 16.1. The molecule has 1 amide bonds. The van der Waals surface area contributed by atoms with Crippen LogP contribution in [0.4, 0.5) is 0 Å². The molecule has 1 N–H and O–H groups in total. The Bertz CT molecular complexity index is 1130. The summed E-state index contributed by atoms with van der Waals surface area (Å²) < 4.78 is 6.68. The van der Waals surface area contributed by atoms with E-state index in [0.717, 1.165) is 10.0 Å². The summed E-state index contributed by atoms with van der Waals surface area (Å²) in [4.78, 5) is 28.1. The molecule has 5 nitrogen and oxygen atoms in total. The first-order valence-corrected chi connectivity index (χ1v) is 10.5. The molecule has 0 bridgehead atoms. The van der Waals surface area contributed by atoms with E-state index in [1.807, 2.05) is 24.3 Å². The van der Waals surface area contributed by atoms with Crippen LogP contribution in [-0.2, 0) is 0 Å². The minimum absolute atomic E-state index is 0.0323. The lowest BCUT2D eigenvalue weighted by Crippen LogP contribution is -2.31. The highest BCUT2D eigenvalue weighted by atomic mass is 79.9. The highest BCUT2D eigenvalue weighted by molar-refractivity contribution is 9.10. The number of amides is 1. The third-order valence-electron chi connectivity index (χ3n) is 5.40. The molecule has 0 radical (unpaired) electrons. The molecular formula is C23H22BrNO4. The smallest absolute Gasteiger partial charge is 0.290 e. The molecule has 0 saturated carbocycles. The van der Waals surface area contributed by atoms with Crippen molar-refractivity contribution in [3.8, 4) is 0 Å². The van der Waals surface area contributed by atoms with Crippen molar-refractivity contribution in [3.63, 3.8) is 0 Å². The molecule has 1 aromatic heterocycles. The first-order chi connectivity index (χ1) is 13.9. The van der Waals surface area contributed by atoms with Gasteiger partial charge in [0.1, 0.15) is 5.58 Å². The highest BCUT2D eigenvalue weighted by Crippen LogP contribution is 2.38. The van der Waals surface area contributed by atoms with Crippen LogP contribution in [0.1, 0.15) is 59.5 Å². The molecule has 2 aromatic carbocycles. The first-order valence-electron chi connectivity index (χ1n) is 9.70. The molecule has 6 heteroatoms. The highest BCUT2D eigenvalue weighted by Gasteiger charge is 2.42. The third kappa shape index (κ3) is 3.40. The lowest BCUT2D eigenvalue weighted by atomic mass is 9.95. The van der Waals surface area contributed by atoms with Gasteiger partial charge >= 0.3 is 0 Å². The molecule has 0 saturated heterocycles. The van der Waals surface area contributed by atoms with E-state index < -0.39 is 6.04 Å². The second-order valence-electron chi connectivity index (χ2n) is 7.61. The van der Waals surface area contributed by atoms with Crippen molar-refractivity contribution in [1.29, 1.82) is 0 Å². The summed E-state index contributed by atoms with van der Waals surface area (Å²) in [6.45, 7) is 4.55. The van der Waals surface area contributed by atoms with Crippen molar-refractivity contribution >= 4 is 32.8 Å². The Kier molecular flexibility index (Phi) is 5.32. The van der Waals surface area contributed by atoms with Crippen LogP contribution >= 0.6 is 15.9 Å². The van der Waals surface area contributed by atoms with Gasteiger partial charge in [-0.15, -0.1) is 0 Å². The number of nitrogens with zero attached hydrogens (tertiary/aromatic N) is 1. The Morgan fingerprint density at radius 1 is 1.14 bits per heavy atom. The van der Waals surface area contributed by atoms with Crippen molar-refractivity contribution in [2.24, 2.45) is 0 Å². The van der Waals surface area contributed by atoms with E-state index in [1.54, 1.807) is 23.1 Å². The molecule has 0 aliphatic carbocycles. The monoisotopic (exact) mass is 455 g/mol. The average molecular weight is 456 g/mol. The quantitative estimate of drug-likeness (QED) is 0.609. The summed E-state index contributed by atoms with van der Waals surface area (Å²) in [5.74, 6) is 0.174. The number of benzene rings is 2. The van der Waals surface area contributed by atoms with Crippen LogP contribution < -0.4 is 5.43 Å². The summed E-state index contributed by atoms with van der Waals surface area (Å²) in [6.07, 6.45) is 0.430. The van der Waals surface area contributed by atoms with Crippen molar-refractivity contribution in [2.75, 3.05) is 13.2 Å². The standard InChI is InChI=1S/C23H22BrNO4/c1-13(2)14-4-6-15(7-5-14)20-19-21(27)17-12-16(24)8-9-18(17)29-22(19)23(28)25(20)10-3-11-26/h4-9,12-13,20,26H,3,10-11H2,1-2H3. The SMILES string of the molecule is CC(C)c1ccc(C2c3c(oc4ccc(Br)cc4c3=O)C(=O)N2CCCO)cc1. The van der Waals surface area contributed by atoms with Gasteiger partial charge in [0.2, 0.25) is 5.76 Å². The summed E-state index contributed by atoms with van der Waals surface area (Å²) in [5.41, 5.74) is 2.62. The fourth-order valence-electron chi connectivity index (χ4n) is 3.87. The van der Waals surface area contributed by atoms with Crippen LogP contribution in [0.5, 0.6) is 0 Å². The Morgan fingerprint density at radius 3 is 2.52 bits per heavy atom. The maximum atomic E-state index is 13.4. The molecule has 0 fully saturated rings. The third-order valence-corrected chi connectivity index (χ3v) is 5.90. The minimum Gasteiger partial charge on any atom is -0.450 e. The number of carbonyl (C=O) groups excluding carboxylic acids is 1. The van der Waals surface area contributed by atoms with Crippen molar-refractivity contribution in [2.45, 2.75) is 32.2 Å². The predicted octanol–water partition coefficient (Wildman–Crippen LogP) is 4.61. The largest absolute Gasteiger partial charge is 0.450 e. The first kappa shape index (κ1) is 19.9. The van der Waals surface area contributed by atoms with E-state index in [9.17, 15) is 14.7 Å². The molecule has 1 unspecified atom stereocenters. The molecule has 4 rings (SSSR count). The number of fused-ring (bicyclic) bond motifs is 2. The van der Waals surface area contributed by atoms with Gasteiger partial charge in [-0.1, -0.05) is 54.0 Å². The molecule has 1 atom stereocenters. The molecule has 1 aliphatic heterocycles. The molecule has 150 valence electrons. The second kappa shape index (κ2) is 7.76. The van der Waals surface area contributed by atoms with Gasteiger partial charge in [-0.3, -0.25) is 9.59 Å². The van der Waals surface area contributed by atoms with Gasteiger partial charge in [-0.25, -0.2) is 0 Å². The fourth-order valence-corrected chi connectivity index (χ4v) is 4.24. The van der Waals surface area contributed by atoms with Gasteiger partial charge in [0.25, 0.3) is 5.91 Å². The number of rotatable bonds is 5. The summed E-state index contributed by atoms with van der Waals surface area (Å²) in [7, 11) is 0. The van der Waals surface area contributed by atoms with Crippen LogP contribution in [0.3, 0.4) is 0 Å². The number of hydrogen-bond acceptors (Lipinski definition) is 4. The van der Waals surface area contributed by atoms with Crippen LogP contribution in [0.25, 0.3) is 11.0 Å². The Hall–Kier alpha value is -2.44. The maximum absolute atomic E-state index is 13.4. The van der Waals surface area contributed by atoms with Crippen LogP contribution in [0.15, 0.2) is 56.1 Å². The topological polar surface area (TPSA) is 70.8 Å². The van der Waals surface area contributed by atoms with Gasteiger partial charge in [0.15, 0.2) is 5.43 Å². The number of hydrogen-bond donors (Lipinski definition) is 1. The number of aliphatic hydroxyl groups excluding tert-OH is 1. The van der Waals surface area contributed by atoms with Gasteiger partial charge in [0, 0.05) is 17.6 Å². The van der Waals surface area contributed by atoms with E-state index in [4.69, 9.17) is 4.42 Å². The second-order valence-corrected chi connectivity index (χ2v) is 8.53. The number of aliphatic hydroxyl groups is 1. The van der Waals surface area contributed by atoms with Crippen LogP contribution in [0, 0.1) is 0 Å². The van der Waals surface area contributed by atoms with E-state index in [1.165, 1.54) is 5.56 Å². The predicted molar refractivity (Wildman–Crippen MR) is 115 cm³/mol. The summed E-state index contributed by atoms with van der Waals surface area (Å²) in [5, 5.41) is 9.74. The van der Waals surface area contributed by atoms with Crippen molar-refractivity contribution < 1.29 is 14.3 Å². The Labute approximate surface area is 177 Å². The molecular weight excluding hydrogens is 434 g/mol. The lowest BCUT2D eigenvalue weighted by Gasteiger charge is -2.25. The average Bonchev–Trinajstić information content (AvgIpc) is 2.99. The molecule has 0 spiro atoms. The number of carbonyl (C=O) groups is 1. The number of halogens is 1. The van der Waals surface area contributed by atoms with Crippen molar-refractivity contribution in [3.05, 3.63) is 79.6 Å². The van der Waals surface area contributed by atoms with Gasteiger partial charge in [-0.2, -0.15) is 0 Å². The van der Waals surface area contributed by atoms with Crippen LogP contribution in [0.2, 0.25) is 0 Å². The molecule has 2 heterocycles. The summed E-state index contributed by atoms with van der Waals surface area (Å²) >= 11 is 3.40. The van der Waals surface area contributed by atoms with Gasteiger partial charge in [0.05, 0.1) is 17.0 Å². The van der Waals surface area contributed by atoms with Crippen LogP contribution in [-0.4, -0.2) is 29.1 Å². The maximum Gasteiger partial charge on any atom is 0.290 e. The van der Waals surface area contributed by atoms with E-state index in [-0.39, 0.29) is 23.7 Å². The molecule has 29 heavy (non-hydrogen) atoms. The van der Waals surface area contributed by atoms with E-state index >= 15 is 0 Å². The van der Waals surface area contributed by atoms with E-state index in [0.29, 0.717) is 35.4 Å².